The van der Waals surface area contributed by atoms with Gasteiger partial charge in [-0.1, -0.05) is 6.92 Å². The number of nitrogens with zero attached hydrogens (tertiary/aromatic N) is 7. The van der Waals surface area contributed by atoms with Crippen molar-refractivity contribution in [2.45, 2.75) is 36.5 Å². The van der Waals surface area contributed by atoms with Crippen LogP contribution in [0.15, 0.2) is 29.6 Å². The van der Waals surface area contributed by atoms with Gasteiger partial charge >= 0.3 is 6.18 Å². The van der Waals surface area contributed by atoms with Crippen LogP contribution in [-0.2, 0) is 27.9 Å². The predicted molar refractivity (Wildman–Crippen MR) is 121 cm³/mol. The van der Waals surface area contributed by atoms with E-state index in [4.69, 9.17) is 5.11 Å². The van der Waals surface area contributed by atoms with E-state index in [0.29, 0.717) is 18.7 Å². The smallest absolute Gasteiger partial charge is 0.400 e. The van der Waals surface area contributed by atoms with E-state index >= 15 is 0 Å². The summed E-state index contributed by atoms with van der Waals surface area (Å²) < 4.78 is 68.2. The number of halogens is 3. The van der Waals surface area contributed by atoms with Crippen molar-refractivity contribution in [3.8, 4) is 11.4 Å². The molecule has 1 aliphatic carbocycles. The topological polar surface area (TPSA) is 135 Å². The van der Waals surface area contributed by atoms with Crippen LogP contribution in [0.4, 0.5) is 19.0 Å². The maximum absolute atomic E-state index is 13.2. The Morgan fingerprint density at radius 1 is 1.19 bits per heavy atom. The minimum atomic E-state index is -4.66. The van der Waals surface area contributed by atoms with Crippen LogP contribution in [0.2, 0.25) is 0 Å². The highest BCUT2D eigenvalue weighted by molar-refractivity contribution is 7.91. The standard InChI is InChI=1S/C20H16F3N7O3S.CH4O/c1-3-34(32,33)17-14(16-26-10-8-12(20(21,22)23)25-9-11(10)28(16)2)15-24-7-4-13(30(15)27-17)29-18(31)19(29)5-6-19;1-2/h4,7-9H,3,5-6H2,1-2H3;2H,1H3. The van der Waals surface area contributed by atoms with Gasteiger partial charge in [0.2, 0.25) is 0 Å². The number of hydrogen-bond acceptors (Lipinski definition) is 8. The Hall–Kier alpha value is -3.59. The number of aromatic nitrogens is 6. The molecule has 0 bridgehead atoms. The Labute approximate surface area is 202 Å². The molecule has 1 saturated heterocycles. The molecular weight excluding hydrogens is 503 g/mol. The molecule has 1 aliphatic heterocycles. The van der Waals surface area contributed by atoms with Crippen molar-refractivity contribution < 1.29 is 31.5 Å². The highest BCUT2D eigenvalue weighted by Gasteiger charge is 2.72. The van der Waals surface area contributed by atoms with E-state index in [-0.39, 0.29) is 44.8 Å². The average Bonchev–Trinajstić information content (AvgIpc) is 3.65. The SMILES string of the molecule is CCS(=O)(=O)c1nn2c(N3C(=O)C34CC4)ccnc2c1-c1nc2cc(C(F)(F)F)ncc2n1C.CO. The van der Waals surface area contributed by atoms with Crippen LogP contribution < -0.4 is 4.90 Å². The minimum Gasteiger partial charge on any atom is -0.400 e. The van der Waals surface area contributed by atoms with Gasteiger partial charge in [0.05, 0.1) is 23.0 Å². The van der Waals surface area contributed by atoms with Crippen molar-refractivity contribution in [2.24, 2.45) is 7.05 Å². The molecule has 5 heterocycles. The number of anilines is 1. The number of sulfone groups is 1. The number of amides is 1. The summed E-state index contributed by atoms with van der Waals surface area (Å²) in [6.45, 7) is 1.46. The Balaban J connectivity index is 0.00000130. The van der Waals surface area contributed by atoms with E-state index in [2.05, 4.69) is 20.1 Å². The van der Waals surface area contributed by atoms with Gasteiger partial charge in [0.1, 0.15) is 28.4 Å². The van der Waals surface area contributed by atoms with Crippen molar-refractivity contribution in [1.29, 1.82) is 0 Å². The van der Waals surface area contributed by atoms with E-state index < -0.39 is 27.2 Å². The summed E-state index contributed by atoms with van der Waals surface area (Å²) in [5.41, 5.74) is -1.20. The van der Waals surface area contributed by atoms with Gasteiger partial charge in [-0.2, -0.15) is 22.8 Å². The number of aliphatic hydroxyl groups excluding tert-OH is 1. The number of alkyl halides is 3. The molecule has 11 nitrogen and oxygen atoms in total. The third kappa shape index (κ3) is 3.29. The molecule has 4 aromatic heterocycles. The third-order valence-corrected chi connectivity index (χ3v) is 7.99. The summed E-state index contributed by atoms with van der Waals surface area (Å²) >= 11 is 0. The zero-order chi connectivity index (χ0) is 26.2. The summed E-state index contributed by atoms with van der Waals surface area (Å²) in [5.74, 6) is 0.118. The molecule has 1 N–H and O–H groups in total. The van der Waals surface area contributed by atoms with Crippen LogP contribution in [-0.4, -0.2) is 67.0 Å². The number of carbonyl (C=O) groups is 1. The molecule has 2 fully saturated rings. The van der Waals surface area contributed by atoms with Gasteiger partial charge in [-0.25, -0.2) is 23.4 Å². The molecule has 6 rings (SSSR count). The maximum Gasteiger partial charge on any atom is 0.433 e. The third-order valence-electron chi connectivity index (χ3n) is 6.35. The Morgan fingerprint density at radius 3 is 2.47 bits per heavy atom. The summed E-state index contributed by atoms with van der Waals surface area (Å²) in [5, 5.41) is 11.0. The van der Waals surface area contributed by atoms with E-state index in [0.717, 1.165) is 19.4 Å². The predicted octanol–water partition coefficient (Wildman–Crippen LogP) is 1.98. The molecule has 1 saturated carbocycles. The van der Waals surface area contributed by atoms with Gasteiger partial charge in [0.15, 0.2) is 20.5 Å². The Bertz CT molecular complexity index is 1660. The molecule has 0 aromatic carbocycles. The Morgan fingerprint density at radius 2 is 1.89 bits per heavy atom. The first-order valence-electron chi connectivity index (χ1n) is 10.8. The van der Waals surface area contributed by atoms with Crippen LogP contribution in [0, 0.1) is 0 Å². The van der Waals surface area contributed by atoms with Crippen molar-refractivity contribution in [2.75, 3.05) is 17.8 Å². The number of fused-ring (bicyclic) bond motifs is 2. The van der Waals surface area contributed by atoms with Crippen LogP contribution >= 0.6 is 0 Å². The fraction of sp³-hybridized carbons (Fsp3) is 0.381. The van der Waals surface area contributed by atoms with Crippen molar-refractivity contribution in [3.63, 3.8) is 0 Å². The fourth-order valence-electron chi connectivity index (χ4n) is 4.27. The molecule has 1 amide bonds. The molecule has 4 aromatic rings. The zero-order valence-corrected chi connectivity index (χ0v) is 20.1. The first kappa shape index (κ1) is 24.1. The molecule has 1 spiro atoms. The van der Waals surface area contributed by atoms with Crippen LogP contribution in [0.5, 0.6) is 0 Å². The van der Waals surface area contributed by atoms with Gasteiger partial charge in [0, 0.05) is 20.4 Å². The number of carbonyl (C=O) groups excluding carboxylic acids is 1. The van der Waals surface area contributed by atoms with Crippen LogP contribution in [0.1, 0.15) is 25.5 Å². The number of aryl methyl sites for hydroxylation is 1. The van der Waals surface area contributed by atoms with Gasteiger partial charge in [-0.3, -0.25) is 9.69 Å². The molecule has 0 unspecified atom stereocenters. The first-order valence-corrected chi connectivity index (χ1v) is 12.4. The molecule has 0 radical (unpaired) electrons. The average molecular weight is 523 g/mol. The fourth-order valence-corrected chi connectivity index (χ4v) is 5.25. The van der Waals surface area contributed by atoms with Crippen molar-refractivity contribution in [1.82, 2.24) is 29.1 Å². The second kappa shape index (κ2) is 7.70. The summed E-state index contributed by atoms with van der Waals surface area (Å²) in [6.07, 6.45) is -0.760. The lowest BCUT2D eigenvalue weighted by Gasteiger charge is -2.06. The monoisotopic (exact) mass is 523 g/mol. The Kier molecular flexibility index (Phi) is 5.16. The second-order valence-corrected chi connectivity index (χ2v) is 10.5. The molecule has 36 heavy (non-hydrogen) atoms. The number of rotatable bonds is 4. The van der Waals surface area contributed by atoms with E-state index in [1.165, 1.54) is 22.2 Å². The number of hydrogen-bond donors (Lipinski definition) is 1. The normalized spacial score (nSPS) is 16.5. The maximum atomic E-state index is 13.2. The number of pyridine rings is 1. The number of imidazole rings is 1. The molecule has 190 valence electrons. The highest BCUT2D eigenvalue weighted by atomic mass is 32.2. The van der Waals surface area contributed by atoms with Crippen LogP contribution in [0.3, 0.4) is 0 Å². The highest BCUT2D eigenvalue weighted by Crippen LogP contribution is 2.57. The summed E-state index contributed by atoms with van der Waals surface area (Å²) in [4.78, 5) is 26.0. The van der Waals surface area contributed by atoms with Crippen LogP contribution in [0.25, 0.3) is 28.1 Å². The van der Waals surface area contributed by atoms with E-state index in [1.807, 2.05) is 0 Å². The summed E-state index contributed by atoms with van der Waals surface area (Å²) in [7, 11) is -1.35. The zero-order valence-electron chi connectivity index (χ0n) is 19.3. The van der Waals surface area contributed by atoms with Crippen molar-refractivity contribution >= 4 is 38.2 Å². The molecule has 2 aliphatic rings. The summed E-state index contributed by atoms with van der Waals surface area (Å²) in [6, 6.07) is 2.38. The largest absolute Gasteiger partial charge is 0.433 e. The minimum absolute atomic E-state index is 0.00627. The van der Waals surface area contributed by atoms with Gasteiger partial charge in [-0.15, -0.1) is 0 Å². The van der Waals surface area contributed by atoms with Gasteiger partial charge in [0.25, 0.3) is 5.91 Å². The molecule has 0 atom stereocenters. The first-order chi connectivity index (χ1) is 17.0. The lowest BCUT2D eigenvalue weighted by atomic mass is 10.3. The quantitative estimate of drug-likeness (QED) is 0.401. The van der Waals surface area contributed by atoms with E-state index in [1.54, 1.807) is 18.0 Å². The van der Waals surface area contributed by atoms with Gasteiger partial charge < -0.3 is 9.67 Å². The molecule has 15 heteroatoms. The van der Waals surface area contributed by atoms with E-state index in [9.17, 15) is 26.4 Å². The molecular formula is C21H20F3N7O4S. The lowest BCUT2D eigenvalue weighted by molar-refractivity contribution is -0.141. The number of aliphatic hydroxyl groups is 1. The van der Waals surface area contributed by atoms with Gasteiger partial charge in [-0.05, 0) is 25.0 Å². The second-order valence-electron chi connectivity index (χ2n) is 8.34. The van der Waals surface area contributed by atoms with Crippen molar-refractivity contribution in [3.05, 3.63) is 30.2 Å². The lowest BCUT2D eigenvalue weighted by Crippen LogP contribution is -2.08.